The summed E-state index contributed by atoms with van der Waals surface area (Å²) in [4.78, 5) is 4.56. The van der Waals surface area contributed by atoms with E-state index >= 15 is 0 Å². The molecular formula is C15H10BrCl2FN2. The Hall–Kier alpha value is -1.10. The molecule has 0 fully saturated rings. The number of fused-ring (bicyclic) bond motifs is 1. The van der Waals surface area contributed by atoms with Crippen molar-refractivity contribution in [3.8, 4) is 5.69 Å². The Kier molecular flexibility index (Phi) is 3.95. The monoisotopic (exact) mass is 386 g/mol. The molecule has 0 amide bonds. The van der Waals surface area contributed by atoms with Crippen LogP contribution in [0.5, 0.6) is 0 Å². The van der Waals surface area contributed by atoms with Crippen molar-refractivity contribution in [2.45, 2.75) is 12.3 Å². The number of rotatable bonds is 2. The van der Waals surface area contributed by atoms with Gasteiger partial charge in [0.25, 0.3) is 0 Å². The van der Waals surface area contributed by atoms with Crippen LogP contribution in [-0.4, -0.2) is 9.55 Å². The summed E-state index contributed by atoms with van der Waals surface area (Å²) in [5, 5.41) is 0.00748. The number of hydrogen-bond acceptors (Lipinski definition) is 1. The van der Waals surface area contributed by atoms with Gasteiger partial charge in [-0.3, -0.25) is 4.57 Å². The molecule has 0 aliphatic rings. The molecule has 1 heterocycles. The smallest absolute Gasteiger partial charge is 0.132 e. The third-order valence-electron chi connectivity index (χ3n) is 3.15. The molecule has 2 nitrogen and oxygen atoms in total. The van der Waals surface area contributed by atoms with Crippen LogP contribution in [0.1, 0.15) is 18.1 Å². The van der Waals surface area contributed by atoms with Crippen LogP contribution in [0.4, 0.5) is 4.39 Å². The Morgan fingerprint density at radius 2 is 2.00 bits per heavy atom. The summed E-state index contributed by atoms with van der Waals surface area (Å²) in [5.41, 5.74) is 2.33. The zero-order chi connectivity index (χ0) is 15.1. The lowest BCUT2D eigenvalue weighted by molar-refractivity contribution is 0.627. The second kappa shape index (κ2) is 5.59. The zero-order valence-corrected chi connectivity index (χ0v) is 14.0. The van der Waals surface area contributed by atoms with Crippen molar-refractivity contribution < 1.29 is 4.39 Å². The van der Waals surface area contributed by atoms with Crippen LogP contribution in [0, 0.1) is 5.82 Å². The SMILES string of the molecule is CC(Cl)c1nc2cc(Br)ccc2n1-c1ccc(F)cc1Cl. The predicted molar refractivity (Wildman–Crippen MR) is 88.0 cm³/mol. The number of halogens is 4. The Balaban J connectivity index is 2.36. The third-order valence-corrected chi connectivity index (χ3v) is 4.14. The summed E-state index contributed by atoms with van der Waals surface area (Å²) in [6.07, 6.45) is 0. The van der Waals surface area contributed by atoms with Gasteiger partial charge in [-0.15, -0.1) is 11.6 Å². The van der Waals surface area contributed by atoms with Gasteiger partial charge in [0.15, 0.2) is 0 Å². The highest BCUT2D eigenvalue weighted by Crippen LogP contribution is 2.32. The van der Waals surface area contributed by atoms with Crippen molar-refractivity contribution in [1.82, 2.24) is 9.55 Å². The fraction of sp³-hybridized carbons (Fsp3) is 0.133. The normalized spacial score (nSPS) is 12.8. The maximum atomic E-state index is 13.3. The first-order valence-electron chi connectivity index (χ1n) is 6.25. The van der Waals surface area contributed by atoms with Gasteiger partial charge in [0, 0.05) is 4.47 Å². The molecule has 3 rings (SSSR count). The van der Waals surface area contributed by atoms with E-state index in [1.807, 2.05) is 29.7 Å². The van der Waals surface area contributed by atoms with Crippen molar-refractivity contribution in [3.63, 3.8) is 0 Å². The van der Waals surface area contributed by atoms with Crippen molar-refractivity contribution in [1.29, 1.82) is 0 Å². The number of nitrogens with zero attached hydrogens (tertiary/aromatic N) is 2. The largest absolute Gasteiger partial charge is 0.294 e. The number of aromatic nitrogens is 2. The first-order chi connectivity index (χ1) is 9.97. The lowest BCUT2D eigenvalue weighted by atomic mass is 10.2. The second-order valence-corrected chi connectivity index (χ2v) is 6.63. The lowest BCUT2D eigenvalue weighted by Gasteiger charge is -2.12. The van der Waals surface area contributed by atoms with E-state index in [9.17, 15) is 4.39 Å². The summed E-state index contributed by atoms with van der Waals surface area (Å²) in [6, 6.07) is 10.0. The molecule has 0 N–H and O–H groups in total. The Morgan fingerprint density at radius 3 is 2.67 bits per heavy atom. The standard InChI is InChI=1S/C15H10BrCl2FN2/c1-8(17)15-20-12-6-9(16)2-4-14(12)21(15)13-5-3-10(19)7-11(13)18/h2-8H,1H3. The number of hydrogen-bond donors (Lipinski definition) is 0. The molecule has 0 radical (unpaired) electrons. The number of imidazole rings is 1. The summed E-state index contributed by atoms with van der Waals surface area (Å²) >= 11 is 15.9. The van der Waals surface area contributed by atoms with E-state index in [4.69, 9.17) is 23.2 Å². The zero-order valence-electron chi connectivity index (χ0n) is 10.9. The molecule has 108 valence electrons. The molecule has 0 saturated heterocycles. The molecule has 1 unspecified atom stereocenters. The van der Waals surface area contributed by atoms with Gasteiger partial charge in [0.05, 0.1) is 27.1 Å². The second-order valence-electron chi connectivity index (χ2n) is 4.65. The maximum absolute atomic E-state index is 13.3. The van der Waals surface area contributed by atoms with Gasteiger partial charge in [-0.25, -0.2) is 9.37 Å². The van der Waals surface area contributed by atoms with Gasteiger partial charge < -0.3 is 0 Å². The van der Waals surface area contributed by atoms with Crippen molar-refractivity contribution >= 4 is 50.2 Å². The van der Waals surface area contributed by atoms with E-state index in [1.165, 1.54) is 12.1 Å². The molecule has 1 atom stereocenters. The van der Waals surface area contributed by atoms with Gasteiger partial charge >= 0.3 is 0 Å². The molecule has 0 aliphatic carbocycles. The van der Waals surface area contributed by atoms with Gasteiger partial charge in [0.1, 0.15) is 11.6 Å². The van der Waals surface area contributed by atoms with Crippen LogP contribution >= 0.6 is 39.1 Å². The van der Waals surface area contributed by atoms with E-state index in [0.29, 0.717) is 16.5 Å². The molecule has 6 heteroatoms. The van der Waals surface area contributed by atoms with Crippen molar-refractivity contribution in [2.75, 3.05) is 0 Å². The average Bonchev–Trinajstić information content (AvgIpc) is 2.77. The van der Waals surface area contributed by atoms with Crippen LogP contribution in [0.2, 0.25) is 5.02 Å². The maximum Gasteiger partial charge on any atom is 0.132 e. The van der Waals surface area contributed by atoms with E-state index in [0.717, 1.165) is 15.5 Å². The first kappa shape index (κ1) is 14.8. The van der Waals surface area contributed by atoms with Gasteiger partial charge in [0.2, 0.25) is 0 Å². The minimum atomic E-state index is -0.378. The minimum absolute atomic E-state index is 0.308. The molecule has 2 aromatic carbocycles. The molecule has 1 aromatic heterocycles. The van der Waals surface area contributed by atoms with Crippen LogP contribution in [0.3, 0.4) is 0 Å². The van der Waals surface area contributed by atoms with E-state index in [-0.39, 0.29) is 11.2 Å². The molecule has 0 saturated carbocycles. The quantitative estimate of drug-likeness (QED) is 0.502. The van der Waals surface area contributed by atoms with Gasteiger partial charge in [-0.2, -0.15) is 0 Å². The van der Waals surface area contributed by atoms with E-state index in [1.54, 1.807) is 6.07 Å². The van der Waals surface area contributed by atoms with Gasteiger partial charge in [-0.1, -0.05) is 27.5 Å². The Morgan fingerprint density at radius 1 is 1.24 bits per heavy atom. The topological polar surface area (TPSA) is 17.8 Å². The van der Waals surface area contributed by atoms with Crippen LogP contribution < -0.4 is 0 Å². The summed E-state index contributed by atoms with van der Waals surface area (Å²) in [7, 11) is 0. The van der Waals surface area contributed by atoms with Crippen LogP contribution in [-0.2, 0) is 0 Å². The Labute approximate surface area is 139 Å². The van der Waals surface area contributed by atoms with E-state index in [2.05, 4.69) is 20.9 Å². The van der Waals surface area contributed by atoms with Crippen LogP contribution in [0.15, 0.2) is 40.9 Å². The van der Waals surface area contributed by atoms with Gasteiger partial charge in [-0.05, 0) is 43.3 Å². The fourth-order valence-electron chi connectivity index (χ4n) is 2.25. The minimum Gasteiger partial charge on any atom is -0.294 e. The molecule has 21 heavy (non-hydrogen) atoms. The summed E-state index contributed by atoms with van der Waals surface area (Å²) < 4.78 is 16.1. The molecule has 0 bridgehead atoms. The number of benzene rings is 2. The summed E-state index contributed by atoms with van der Waals surface area (Å²) in [5.74, 6) is 0.287. The molecule has 0 aliphatic heterocycles. The van der Waals surface area contributed by atoms with E-state index < -0.39 is 0 Å². The van der Waals surface area contributed by atoms with Crippen LogP contribution in [0.25, 0.3) is 16.7 Å². The molecular weight excluding hydrogens is 378 g/mol. The van der Waals surface area contributed by atoms with Crippen molar-refractivity contribution in [3.05, 3.63) is 57.5 Å². The predicted octanol–water partition coefficient (Wildman–Crippen LogP) is 5.88. The summed E-state index contributed by atoms with van der Waals surface area (Å²) in [6.45, 7) is 1.84. The third kappa shape index (κ3) is 2.68. The number of alkyl halides is 1. The highest BCUT2D eigenvalue weighted by atomic mass is 79.9. The Bertz CT molecular complexity index is 830. The molecule has 3 aromatic rings. The highest BCUT2D eigenvalue weighted by Gasteiger charge is 2.18. The highest BCUT2D eigenvalue weighted by molar-refractivity contribution is 9.10. The average molecular weight is 388 g/mol. The fourth-order valence-corrected chi connectivity index (χ4v) is 3.00. The molecule has 0 spiro atoms. The van der Waals surface area contributed by atoms with Crippen molar-refractivity contribution in [2.24, 2.45) is 0 Å². The lowest BCUT2D eigenvalue weighted by Crippen LogP contribution is -2.02. The first-order valence-corrected chi connectivity index (χ1v) is 7.85.